The predicted octanol–water partition coefficient (Wildman–Crippen LogP) is 3.47. The summed E-state index contributed by atoms with van der Waals surface area (Å²) < 4.78 is 10.7. The van der Waals surface area contributed by atoms with E-state index in [1.165, 1.54) is 5.56 Å². The van der Waals surface area contributed by atoms with E-state index in [0.717, 1.165) is 11.3 Å². The Morgan fingerprint density at radius 1 is 1.05 bits per heavy atom. The molecule has 0 heterocycles. The number of methoxy groups -OCH3 is 1. The first-order valence-electron chi connectivity index (χ1n) is 6.98. The van der Waals surface area contributed by atoms with E-state index >= 15 is 0 Å². The first-order chi connectivity index (χ1) is 10.6. The van der Waals surface area contributed by atoms with Crippen molar-refractivity contribution in [3.8, 4) is 11.5 Å². The van der Waals surface area contributed by atoms with Crippen molar-refractivity contribution in [3.63, 3.8) is 0 Å². The summed E-state index contributed by atoms with van der Waals surface area (Å²) in [7, 11) is 1.57. The molecule has 0 aliphatic rings. The third kappa shape index (κ3) is 4.15. The summed E-state index contributed by atoms with van der Waals surface area (Å²) in [6, 6.07) is 12.7. The monoisotopic (exact) mass is 300 g/mol. The number of rotatable bonds is 5. The molecule has 0 aliphatic heterocycles. The lowest BCUT2D eigenvalue weighted by atomic mass is 10.1. The summed E-state index contributed by atoms with van der Waals surface area (Å²) in [6.45, 7) is 4.08. The second kappa shape index (κ2) is 7.36. The Kier molecular flexibility index (Phi) is 5.25. The largest absolute Gasteiger partial charge is 0.493 e. The van der Waals surface area contributed by atoms with Crippen LogP contribution < -0.4 is 20.1 Å². The van der Waals surface area contributed by atoms with Crippen molar-refractivity contribution in [2.24, 2.45) is 0 Å². The van der Waals surface area contributed by atoms with E-state index in [4.69, 9.17) is 9.47 Å². The summed E-state index contributed by atoms with van der Waals surface area (Å²) in [5, 5.41) is 5.40. The molecule has 0 unspecified atom stereocenters. The van der Waals surface area contributed by atoms with E-state index in [1.807, 2.05) is 44.2 Å². The fourth-order valence-electron chi connectivity index (χ4n) is 1.91. The second-order valence-corrected chi connectivity index (χ2v) is 4.87. The molecule has 0 aliphatic carbocycles. The van der Waals surface area contributed by atoms with Crippen molar-refractivity contribution in [2.45, 2.75) is 13.8 Å². The first-order valence-corrected chi connectivity index (χ1v) is 6.98. The normalized spacial score (nSPS) is 9.95. The smallest absolute Gasteiger partial charge is 0.321 e. The highest BCUT2D eigenvalue weighted by atomic mass is 16.5. The number of aryl methyl sites for hydroxylation is 2. The number of hydrogen-bond acceptors (Lipinski definition) is 3. The number of para-hydroxylation sites is 2. The van der Waals surface area contributed by atoms with Gasteiger partial charge in [0.05, 0.1) is 7.11 Å². The van der Waals surface area contributed by atoms with Crippen LogP contribution in [0.2, 0.25) is 0 Å². The van der Waals surface area contributed by atoms with Crippen molar-refractivity contribution in [1.29, 1.82) is 0 Å². The van der Waals surface area contributed by atoms with Gasteiger partial charge in [0, 0.05) is 5.69 Å². The van der Waals surface area contributed by atoms with Gasteiger partial charge in [-0.1, -0.05) is 18.2 Å². The van der Waals surface area contributed by atoms with Gasteiger partial charge in [0.2, 0.25) is 0 Å². The Morgan fingerprint density at radius 3 is 2.45 bits per heavy atom. The molecule has 0 saturated heterocycles. The van der Waals surface area contributed by atoms with Gasteiger partial charge in [-0.3, -0.25) is 0 Å². The Bertz CT molecular complexity index is 656. The number of carbonyl (C=O) groups is 1. The van der Waals surface area contributed by atoms with Crippen LogP contribution in [0.3, 0.4) is 0 Å². The number of ether oxygens (including phenoxy) is 2. The molecule has 5 nitrogen and oxygen atoms in total. The molecule has 0 bridgehead atoms. The molecule has 0 radical (unpaired) electrons. The molecule has 2 aromatic rings. The Morgan fingerprint density at radius 2 is 1.77 bits per heavy atom. The molecule has 0 aromatic heterocycles. The van der Waals surface area contributed by atoms with Gasteiger partial charge in [-0.25, -0.2) is 4.79 Å². The van der Waals surface area contributed by atoms with E-state index < -0.39 is 0 Å². The van der Waals surface area contributed by atoms with Crippen molar-refractivity contribution in [1.82, 2.24) is 5.32 Å². The Balaban J connectivity index is 1.84. The number of urea groups is 1. The lowest BCUT2D eigenvalue weighted by Gasteiger charge is -2.12. The molecule has 5 heteroatoms. The lowest BCUT2D eigenvalue weighted by Crippen LogP contribution is -2.32. The minimum atomic E-state index is -0.321. The van der Waals surface area contributed by atoms with Gasteiger partial charge >= 0.3 is 6.03 Å². The lowest BCUT2D eigenvalue weighted by molar-refractivity contribution is 0.231. The molecule has 0 saturated carbocycles. The van der Waals surface area contributed by atoms with Gasteiger partial charge in [0.25, 0.3) is 0 Å². The summed E-state index contributed by atoms with van der Waals surface area (Å²) in [5.74, 6) is 1.20. The zero-order valence-corrected chi connectivity index (χ0v) is 13.0. The number of carbonyl (C=O) groups excluding carboxylic acids is 1. The molecular weight excluding hydrogens is 280 g/mol. The molecule has 22 heavy (non-hydrogen) atoms. The molecular formula is C17H20N2O3. The average molecular weight is 300 g/mol. The maximum atomic E-state index is 11.8. The maximum Gasteiger partial charge on any atom is 0.321 e. The van der Waals surface area contributed by atoms with E-state index in [1.54, 1.807) is 19.2 Å². The van der Waals surface area contributed by atoms with Gasteiger partial charge in [-0.2, -0.15) is 0 Å². The minimum absolute atomic E-state index is 0.0526. The van der Waals surface area contributed by atoms with E-state index in [-0.39, 0.29) is 12.8 Å². The van der Waals surface area contributed by atoms with Crippen LogP contribution in [0.1, 0.15) is 11.1 Å². The van der Waals surface area contributed by atoms with Crippen LogP contribution >= 0.6 is 0 Å². The van der Waals surface area contributed by atoms with E-state index in [9.17, 15) is 4.79 Å². The van der Waals surface area contributed by atoms with Gasteiger partial charge in [0.15, 0.2) is 18.2 Å². The van der Waals surface area contributed by atoms with Crippen LogP contribution in [-0.4, -0.2) is 19.9 Å². The van der Waals surface area contributed by atoms with Crippen molar-refractivity contribution in [3.05, 3.63) is 53.6 Å². The molecule has 0 atom stereocenters. The third-order valence-electron chi connectivity index (χ3n) is 3.29. The fraction of sp³-hybridized carbons (Fsp3) is 0.235. The molecule has 2 amide bonds. The minimum Gasteiger partial charge on any atom is -0.493 e. The van der Waals surface area contributed by atoms with Crippen molar-refractivity contribution in [2.75, 3.05) is 19.2 Å². The maximum absolute atomic E-state index is 11.8. The number of benzene rings is 2. The molecule has 0 spiro atoms. The highest BCUT2D eigenvalue weighted by Crippen LogP contribution is 2.25. The zero-order valence-electron chi connectivity index (χ0n) is 13.0. The molecule has 2 aromatic carbocycles. The Hall–Kier alpha value is -2.69. The average Bonchev–Trinajstić information content (AvgIpc) is 2.51. The summed E-state index contributed by atoms with van der Waals surface area (Å²) >= 11 is 0. The molecule has 116 valence electrons. The highest BCUT2D eigenvalue weighted by Gasteiger charge is 2.05. The number of amides is 2. The SMILES string of the molecule is COc1ccccc1OCNC(=O)Nc1ccc(C)c(C)c1. The van der Waals surface area contributed by atoms with Crippen LogP contribution in [0.25, 0.3) is 0 Å². The quantitative estimate of drug-likeness (QED) is 0.831. The topological polar surface area (TPSA) is 59.6 Å². The standard InChI is InChI=1S/C17H20N2O3/c1-12-8-9-14(10-13(12)2)19-17(20)18-11-22-16-7-5-4-6-15(16)21-3/h4-10H,11H2,1-3H3,(H2,18,19,20). The van der Waals surface area contributed by atoms with Crippen LogP contribution in [0.5, 0.6) is 11.5 Å². The van der Waals surface area contributed by atoms with Gasteiger partial charge in [-0.05, 0) is 49.2 Å². The highest BCUT2D eigenvalue weighted by molar-refractivity contribution is 5.89. The number of hydrogen-bond donors (Lipinski definition) is 2. The number of anilines is 1. The van der Waals surface area contributed by atoms with Crippen LogP contribution in [-0.2, 0) is 0 Å². The third-order valence-corrected chi connectivity index (χ3v) is 3.29. The van der Waals surface area contributed by atoms with Gasteiger partial charge in [0.1, 0.15) is 0 Å². The molecule has 0 fully saturated rings. The van der Waals surface area contributed by atoms with Crippen molar-refractivity contribution < 1.29 is 14.3 Å². The van der Waals surface area contributed by atoms with E-state index in [0.29, 0.717) is 11.5 Å². The predicted molar refractivity (Wildman–Crippen MR) is 86.6 cm³/mol. The fourth-order valence-corrected chi connectivity index (χ4v) is 1.91. The van der Waals surface area contributed by atoms with E-state index in [2.05, 4.69) is 10.6 Å². The van der Waals surface area contributed by atoms with Crippen LogP contribution in [0.15, 0.2) is 42.5 Å². The van der Waals surface area contributed by atoms with Crippen LogP contribution in [0, 0.1) is 13.8 Å². The summed E-state index contributed by atoms with van der Waals surface area (Å²) in [5.41, 5.74) is 3.06. The van der Waals surface area contributed by atoms with Crippen molar-refractivity contribution >= 4 is 11.7 Å². The first kappa shape index (κ1) is 15.7. The van der Waals surface area contributed by atoms with Crippen LogP contribution in [0.4, 0.5) is 10.5 Å². The molecule has 2 N–H and O–H groups in total. The summed E-state index contributed by atoms with van der Waals surface area (Å²) in [6.07, 6.45) is 0. The van der Waals surface area contributed by atoms with Gasteiger partial charge < -0.3 is 20.1 Å². The second-order valence-electron chi connectivity index (χ2n) is 4.87. The zero-order chi connectivity index (χ0) is 15.9. The molecule has 2 rings (SSSR count). The van der Waals surface area contributed by atoms with Gasteiger partial charge in [-0.15, -0.1) is 0 Å². The number of nitrogens with one attached hydrogen (secondary N) is 2. The summed E-state index contributed by atoms with van der Waals surface area (Å²) in [4.78, 5) is 11.8. The Labute approximate surface area is 130 Å².